The lowest BCUT2D eigenvalue weighted by Gasteiger charge is -2.12. The molecule has 30 heavy (non-hydrogen) atoms. The summed E-state index contributed by atoms with van der Waals surface area (Å²) in [4.78, 5) is 23.7. The molecule has 0 saturated heterocycles. The van der Waals surface area contributed by atoms with Crippen molar-refractivity contribution in [2.45, 2.75) is 51.0 Å². The third kappa shape index (κ3) is 13.3. The smallest absolute Gasteiger partial charge is 0.286 e. The fourth-order valence-electron chi connectivity index (χ4n) is 2.85. The largest absolute Gasteiger partial charge is 0.459 e. The zero-order valence-corrected chi connectivity index (χ0v) is 18.1. The third-order valence-corrected chi connectivity index (χ3v) is 4.65. The summed E-state index contributed by atoms with van der Waals surface area (Å²) in [5.41, 5.74) is 11.4. The van der Waals surface area contributed by atoms with Gasteiger partial charge in [0.15, 0.2) is 5.76 Å². The van der Waals surface area contributed by atoms with Crippen LogP contribution in [-0.4, -0.2) is 63.7 Å². The van der Waals surface area contributed by atoms with E-state index in [9.17, 15) is 9.59 Å². The normalized spacial score (nSPS) is 11.9. The Kier molecular flexibility index (Phi) is 15.6. The number of unbranched alkanes of at least 4 members (excludes halogenated alkanes) is 2. The van der Waals surface area contributed by atoms with Gasteiger partial charge in [0.1, 0.15) is 0 Å². The first-order valence-electron chi connectivity index (χ1n) is 11.1. The van der Waals surface area contributed by atoms with Gasteiger partial charge in [0.25, 0.3) is 5.91 Å². The van der Waals surface area contributed by atoms with Gasteiger partial charge in [0, 0.05) is 13.1 Å². The van der Waals surface area contributed by atoms with Gasteiger partial charge >= 0.3 is 0 Å². The average Bonchev–Trinajstić information content (AvgIpc) is 3.29. The molecule has 2 amide bonds. The molecular weight excluding hydrogens is 384 g/mol. The van der Waals surface area contributed by atoms with Crippen molar-refractivity contribution in [3.8, 4) is 0 Å². The Morgan fingerprint density at radius 3 is 2.17 bits per heavy atom. The summed E-state index contributed by atoms with van der Waals surface area (Å²) in [6.45, 7) is 5.79. The fraction of sp³-hybridized carbons (Fsp3) is 0.714. The molecule has 172 valence electrons. The van der Waals surface area contributed by atoms with Gasteiger partial charge in [0.05, 0.1) is 12.3 Å². The number of furan rings is 1. The lowest BCUT2D eigenvalue weighted by molar-refractivity contribution is -0.122. The topological polar surface area (TPSA) is 147 Å². The summed E-state index contributed by atoms with van der Waals surface area (Å²) in [6.07, 6.45) is 7.79. The molecule has 0 radical (unpaired) electrons. The number of amides is 2. The molecule has 1 aromatic rings. The van der Waals surface area contributed by atoms with Crippen molar-refractivity contribution in [3.05, 3.63) is 24.2 Å². The summed E-state index contributed by atoms with van der Waals surface area (Å²) in [6, 6.07) is 2.79. The lowest BCUT2D eigenvalue weighted by Crippen LogP contribution is -2.41. The van der Waals surface area contributed by atoms with Crippen LogP contribution < -0.4 is 32.7 Å². The molecule has 9 nitrogen and oxygen atoms in total. The van der Waals surface area contributed by atoms with Crippen LogP contribution in [0.1, 0.15) is 55.5 Å². The van der Waals surface area contributed by atoms with Gasteiger partial charge in [-0.3, -0.25) is 9.59 Å². The molecule has 0 bridgehead atoms. The highest BCUT2D eigenvalue weighted by atomic mass is 16.3. The minimum Gasteiger partial charge on any atom is -0.459 e. The van der Waals surface area contributed by atoms with E-state index in [0.717, 1.165) is 71.2 Å². The van der Waals surface area contributed by atoms with E-state index in [1.165, 1.54) is 6.26 Å². The van der Waals surface area contributed by atoms with E-state index in [0.29, 0.717) is 25.3 Å². The van der Waals surface area contributed by atoms with E-state index >= 15 is 0 Å². The Morgan fingerprint density at radius 1 is 0.867 bits per heavy atom. The second kappa shape index (κ2) is 17.9. The molecule has 8 N–H and O–H groups in total. The summed E-state index contributed by atoms with van der Waals surface area (Å²) < 4.78 is 5.02. The maximum atomic E-state index is 12.0. The standard InChI is InChI=1S/C21H40N6O3/c22-10-6-13-24-11-3-4-12-25-14-7-16-26-20(28)18(23)8-1-2-15-27-21(29)19-9-5-17-30-19/h5,9,17-18,24-25H,1-4,6-8,10-16,22-23H2,(H,26,28)(H,27,29)/t18-/m0/s1. The molecule has 1 aromatic heterocycles. The van der Waals surface area contributed by atoms with Crippen LogP contribution in [0, 0.1) is 0 Å². The van der Waals surface area contributed by atoms with E-state index in [1.807, 2.05) is 0 Å². The first-order chi connectivity index (χ1) is 14.6. The fourth-order valence-corrected chi connectivity index (χ4v) is 2.85. The summed E-state index contributed by atoms with van der Waals surface area (Å²) in [5, 5.41) is 12.4. The second-order valence-electron chi connectivity index (χ2n) is 7.33. The Bertz CT molecular complexity index is 553. The van der Waals surface area contributed by atoms with E-state index in [4.69, 9.17) is 15.9 Å². The van der Waals surface area contributed by atoms with Crippen molar-refractivity contribution in [2.75, 3.05) is 45.8 Å². The second-order valence-corrected chi connectivity index (χ2v) is 7.33. The molecular formula is C21H40N6O3. The number of hydrogen-bond acceptors (Lipinski definition) is 7. The van der Waals surface area contributed by atoms with Gasteiger partial charge in [-0.1, -0.05) is 0 Å². The average molecular weight is 425 g/mol. The SMILES string of the molecule is NCCCNCCCCNCCCNC(=O)[C@@H](N)CCCCNC(=O)c1ccco1. The van der Waals surface area contributed by atoms with Crippen molar-refractivity contribution in [1.29, 1.82) is 0 Å². The van der Waals surface area contributed by atoms with Crippen LogP contribution in [0.3, 0.4) is 0 Å². The Labute approximate surface area is 180 Å². The van der Waals surface area contributed by atoms with E-state index in [2.05, 4.69) is 21.3 Å². The molecule has 0 spiro atoms. The molecule has 1 rings (SSSR count). The van der Waals surface area contributed by atoms with Crippen molar-refractivity contribution >= 4 is 11.8 Å². The highest BCUT2D eigenvalue weighted by Crippen LogP contribution is 2.01. The van der Waals surface area contributed by atoms with Gasteiger partial charge in [-0.15, -0.1) is 0 Å². The number of nitrogens with two attached hydrogens (primary N) is 2. The number of carbonyl (C=O) groups is 2. The molecule has 0 saturated carbocycles. The van der Waals surface area contributed by atoms with Crippen molar-refractivity contribution in [2.24, 2.45) is 11.5 Å². The molecule has 1 heterocycles. The third-order valence-electron chi connectivity index (χ3n) is 4.65. The van der Waals surface area contributed by atoms with Crippen molar-refractivity contribution < 1.29 is 14.0 Å². The van der Waals surface area contributed by atoms with Crippen LogP contribution in [0.15, 0.2) is 22.8 Å². The van der Waals surface area contributed by atoms with Gasteiger partial charge < -0.3 is 37.2 Å². The summed E-state index contributed by atoms with van der Waals surface area (Å²) in [5.74, 6) is -0.0380. The molecule has 0 aromatic carbocycles. The molecule has 0 aliphatic carbocycles. The Morgan fingerprint density at radius 2 is 1.50 bits per heavy atom. The Balaban J connectivity index is 1.87. The molecule has 0 fully saturated rings. The van der Waals surface area contributed by atoms with Crippen LogP contribution in [0.4, 0.5) is 0 Å². The molecule has 9 heteroatoms. The summed E-state index contributed by atoms with van der Waals surface area (Å²) >= 11 is 0. The van der Waals surface area contributed by atoms with Crippen LogP contribution >= 0.6 is 0 Å². The van der Waals surface area contributed by atoms with Crippen LogP contribution in [-0.2, 0) is 4.79 Å². The molecule has 0 aliphatic rings. The van der Waals surface area contributed by atoms with Crippen LogP contribution in [0.5, 0.6) is 0 Å². The van der Waals surface area contributed by atoms with Crippen molar-refractivity contribution in [1.82, 2.24) is 21.3 Å². The predicted octanol–water partition coefficient (Wildman–Crippen LogP) is 0.322. The number of hydrogen-bond donors (Lipinski definition) is 6. The highest BCUT2D eigenvalue weighted by Gasteiger charge is 2.12. The molecule has 0 aliphatic heterocycles. The zero-order valence-electron chi connectivity index (χ0n) is 18.1. The number of nitrogens with one attached hydrogen (secondary N) is 4. The maximum absolute atomic E-state index is 12.0. The predicted molar refractivity (Wildman–Crippen MR) is 119 cm³/mol. The highest BCUT2D eigenvalue weighted by molar-refractivity contribution is 5.91. The van der Waals surface area contributed by atoms with Crippen LogP contribution in [0.25, 0.3) is 0 Å². The van der Waals surface area contributed by atoms with Gasteiger partial charge in [0.2, 0.25) is 5.91 Å². The zero-order chi connectivity index (χ0) is 21.9. The number of carbonyl (C=O) groups excluding carboxylic acids is 2. The number of rotatable bonds is 19. The van der Waals surface area contributed by atoms with E-state index in [1.54, 1.807) is 12.1 Å². The lowest BCUT2D eigenvalue weighted by atomic mass is 10.1. The molecule has 0 unspecified atom stereocenters. The van der Waals surface area contributed by atoms with Gasteiger partial charge in [-0.05, 0) is 89.8 Å². The van der Waals surface area contributed by atoms with E-state index < -0.39 is 6.04 Å². The van der Waals surface area contributed by atoms with Gasteiger partial charge in [-0.2, -0.15) is 0 Å². The minimum atomic E-state index is -0.509. The quantitative estimate of drug-likeness (QED) is 0.175. The first-order valence-corrected chi connectivity index (χ1v) is 11.1. The van der Waals surface area contributed by atoms with Gasteiger partial charge in [-0.25, -0.2) is 0 Å². The van der Waals surface area contributed by atoms with Crippen molar-refractivity contribution in [3.63, 3.8) is 0 Å². The Hall–Kier alpha value is -1.94. The minimum absolute atomic E-state index is 0.113. The first kappa shape index (κ1) is 26.1. The van der Waals surface area contributed by atoms with Crippen LogP contribution in [0.2, 0.25) is 0 Å². The van der Waals surface area contributed by atoms with E-state index in [-0.39, 0.29) is 11.8 Å². The maximum Gasteiger partial charge on any atom is 0.286 e. The molecule has 1 atom stereocenters. The monoisotopic (exact) mass is 424 g/mol. The summed E-state index contributed by atoms with van der Waals surface area (Å²) in [7, 11) is 0.